The van der Waals surface area contributed by atoms with E-state index in [2.05, 4.69) is 22.4 Å². The Bertz CT molecular complexity index is 802. The number of H-pyrrole nitrogens is 1. The molecule has 1 aliphatic rings. The maximum Gasteiger partial charge on any atom is 0.230 e. The van der Waals surface area contributed by atoms with Crippen LogP contribution in [0.5, 0.6) is 0 Å². The van der Waals surface area contributed by atoms with E-state index >= 15 is 0 Å². The van der Waals surface area contributed by atoms with Crippen molar-refractivity contribution in [1.82, 2.24) is 15.1 Å². The predicted molar refractivity (Wildman–Crippen MR) is 91.4 cm³/mol. The van der Waals surface area contributed by atoms with Crippen molar-refractivity contribution in [2.24, 2.45) is 0 Å². The lowest BCUT2D eigenvalue weighted by Crippen LogP contribution is -2.36. The summed E-state index contributed by atoms with van der Waals surface area (Å²) in [6, 6.07) is 6.03. The molecule has 1 aromatic carbocycles. The van der Waals surface area contributed by atoms with E-state index in [-0.39, 0.29) is 18.2 Å². The predicted octanol–water partition coefficient (Wildman–Crippen LogP) is 2.59. The monoisotopic (exact) mass is 344 g/mol. The van der Waals surface area contributed by atoms with E-state index < -0.39 is 11.7 Å². The minimum absolute atomic E-state index is 0.0175. The van der Waals surface area contributed by atoms with Crippen LogP contribution in [-0.4, -0.2) is 34.0 Å². The molecule has 25 heavy (non-hydrogen) atoms. The highest BCUT2D eigenvalue weighted by Gasteiger charge is 2.33. The molecule has 0 saturated carbocycles. The molecule has 132 valence electrons. The third-order valence-electron chi connectivity index (χ3n) is 4.32. The van der Waals surface area contributed by atoms with Crippen LogP contribution in [0.15, 0.2) is 24.3 Å². The van der Waals surface area contributed by atoms with Crippen molar-refractivity contribution in [3.63, 3.8) is 0 Å². The van der Waals surface area contributed by atoms with Gasteiger partial charge in [0.1, 0.15) is 5.82 Å². The molecule has 2 N–H and O–H groups in total. The number of aromatic amines is 1. The molecule has 0 unspecified atom stereocenters. The first-order chi connectivity index (χ1) is 12.0. The molecule has 1 aliphatic heterocycles. The molecule has 1 aromatic heterocycles. The highest BCUT2D eigenvalue weighted by Crippen LogP contribution is 2.34. The minimum atomic E-state index is -0.678. The van der Waals surface area contributed by atoms with Crippen LogP contribution in [0.2, 0.25) is 0 Å². The normalized spacial score (nSPS) is 16.3. The summed E-state index contributed by atoms with van der Waals surface area (Å²) in [5, 5.41) is 9.83. The van der Waals surface area contributed by atoms with Crippen LogP contribution in [0.1, 0.15) is 42.6 Å². The second-order valence-corrected chi connectivity index (χ2v) is 6.37. The summed E-state index contributed by atoms with van der Waals surface area (Å²) in [5.74, 6) is -1.55. The first-order valence-electron chi connectivity index (χ1n) is 8.35. The van der Waals surface area contributed by atoms with E-state index in [1.165, 1.54) is 18.2 Å². The van der Waals surface area contributed by atoms with Gasteiger partial charge < -0.3 is 10.2 Å². The molecule has 2 amide bonds. The number of carbonyl (C=O) groups excluding carboxylic acids is 2. The van der Waals surface area contributed by atoms with E-state index in [9.17, 15) is 14.0 Å². The van der Waals surface area contributed by atoms with E-state index in [0.29, 0.717) is 17.8 Å². The first-order valence-corrected chi connectivity index (χ1v) is 8.35. The zero-order valence-electron chi connectivity index (χ0n) is 14.3. The molecule has 0 fully saturated rings. The van der Waals surface area contributed by atoms with Gasteiger partial charge in [0.05, 0.1) is 23.9 Å². The fourth-order valence-electron chi connectivity index (χ4n) is 3.13. The SMILES string of the molecule is CCCc1cc(CN(C)C(=O)[C@H]2CC(=O)Nc3ccc(F)cc32)[nH]n1. The number of fused-ring (bicyclic) bond motifs is 1. The Morgan fingerprint density at radius 1 is 1.40 bits per heavy atom. The number of nitrogens with one attached hydrogen (secondary N) is 2. The Hall–Kier alpha value is -2.70. The van der Waals surface area contributed by atoms with Crippen LogP contribution in [0.3, 0.4) is 0 Å². The molecule has 6 nitrogen and oxygen atoms in total. The number of hydrogen-bond donors (Lipinski definition) is 2. The molecule has 2 heterocycles. The average molecular weight is 344 g/mol. The van der Waals surface area contributed by atoms with Gasteiger partial charge in [-0.15, -0.1) is 0 Å². The van der Waals surface area contributed by atoms with Gasteiger partial charge in [0.2, 0.25) is 11.8 Å². The quantitative estimate of drug-likeness (QED) is 0.875. The lowest BCUT2D eigenvalue weighted by molar-refractivity contribution is -0.134. The van der Waals surface area contributed by atoms with Crippen molar-refractivity contribution in [2.45, 2.75) is 38.6 Å². The molecule has 2 aromatic rings. The number of aryl methyl sites for hydroxylation is 1. The summed E-state index contributed by atoms with van der Waals surface area (Å²) >= 11 is 0. The number of likely N-dealkylation sites (N-methyl/N-ethyl adjacent to an activating group) is 1. The number of hydrogen-bond acceptors (Lipinski definition) is 3. The number of aromatic nitrogens is 2. The lowest BCUT2D eigenvalue weighted by Gasteiger charge is -2.28. The van der Waals surface area contributed by atoms with Gasteiger partial charge in [-0.1, -0.05) is 13.3 Å². The number of halogens is 1. The molecular formula is C18H21FN4O2. The number of anilines is 1. The largest absolute Gasteiger partial charge is 0.339 e. The molecular weight excluding hydrogens is 323 g/mol. The summed E-state index contributed by atoms with van der Waals surface area (Å²) in [7, 11) is 1.67. The van der Waals surface area contributed by atoms with E-state index in [1.807, 2.05) is 6.07 Å². The van der Waals surface area contributed by atoms with Crippen LogP contribution in [0.4, 0.5) is 10.1 Å². The number of amides is 2. The van der Waals surface area contributed by atoms with Gasteiger partial charge >= 0.3 is 0 Å². The van der Waals surface area contributed by atoms with Gasteiger partial charge in [-0.3, -0.25) is 14.7 Å². The summed E-state index contributed by atoms with van der Waals surface area (Å²) in [5.41, 5.74) is 2.81. The van der Waals surface area contributed by atoms with Crippen LogP contribution >= 0.6 is 0 Å². The maximum absolute atomic E-state index is 13.6. The van der Waals surface area contributed by atoms with Crippen molar-refractivity contribution in [1.29, 1.82) is 0 Å². The Morgan fingerprint density at radius 3 is 2.96 bits per heavy atom. The first kappa shape index (κ1) is 17.1. The molecule has 0 aliphatic carbocycles. The lowest BCUT2D eigenvalue weighted by atomic mass is 9.89. The Balaban J connectivity index is 1.77. The number of carbonyl (C=O) groups is 2. The Labute approximate surface area is 145 Å². The molecule has 1 atom stereocenters. The van der Waals surface area contributed by atoms with Crippen LogP contribution < -0.4 is 5.32 Å². The summed E-state index contributed by atoms with van der Waals surface area (Å²) in [6.45, 7) is 2.44. The van der Waals surface area contributed by atoms with Crippen LogP contribution in [0, 0.1) is 5.82 Å². The van der Waals surface area contributed by atoms with Crippen LogP contribution in [-0.2, 0) is 22.6 Å². The third-order valence-corrected chi connectivity index (χ3v) is 4.32. The smallest absolute Gasteiger partial charge is 0.230 e. The van der Waals surface area contributed by atoms with E-state index in [1.54, 1.807) is 11.9 Å². The number of rotatable bonds is 5. The van der Waals surface area contributed by atoms with Gasteiger partial charge in [0.15, 0.2) is 0 Å². The number of nitrogens with zero attached hydrogens (tertiary/aromatic N) is 2. The van der Waals surface area contributed by atoms with Gasteiger partial charge in [-0.2, -0.15) is 5.10 Å². The van der Waals surface area contributed by atoms with Crippen molar-refractivity contribution in [3.8, 4) is 0 Å². The van der Waals surface area contributed by atoms with Gasteiger partial charge in [0, 0.05) is 19.2 Å². The topological polar surface area (TPSA) is 78.1 Å². The zero-order valence-corrected chi connectivity index (χ0v) is 14.3. The summed E-state index contributed by atoms with van der Waals surface area (Å²) in [4.78, 5) is 26.3. The fourth-order valence-corrected chi connectivity index (χ4v) is 3.13. The molecule has 0 radical (unpaired) electrons. The average Bonchev–Trinajstić information content (AvgIpc) is 3.01. The third kappa shape index (κ3) is 3.70. The van der Waals surface area contributed by atoms with Crippen molar-refractivity contribution >= 4 is 17.5 Å². The fraction of sp³-hybridized carbons (Fsp3) is 0.389. The van der Waals surface area contributed by atoms with Gasteiger partial charge in [-0.25, -0.2) is 4.39 Å². The number of benzene rings is 1. The minimum Gasteiger partial charge on any atom is -0.339 e. The summed E-state index contributed by atoms with van der Waals surface area (Å²) in [6.07, 6.45) is 1.89. The second-order valence-electron chi connectivity index (χ2n) is 6.37. The molecule has 7 heteroatoms. The standard InChI is InChI=1S/C18H21FN4O2/c1-3-4-12-8-13(22-21-12)10-23(2)18(25)15-9-17(24)20-16-6-5-11(19)7-14(15)16/h5-8,15H,3-4,9-10H2,1-2H3,(H,20,24)(H,21,22)/t15-/m0/s1. The van der Waals surface area contributed by atoms with Crippen molar-refractivity contribution < 1.29 is 14.0 Å². The second kappa shape index (κ2) is 7.04. The molecule has 0 spiro atoms. The van der Waals surface area contributed by atoms with Crippen molar-refractivity contribution in [2.75, 3.05) is 12.4 Å². The van der Waals surface area contributed by atoms with E-state index in [4.69, 9.17) is 0 Å². The highest BCUT2D eigenvalue weighted by atomic mass is 19.1. The molecule has 0 bridgehead atoms. The maximum atomic E-state index is 13.6. The molecule has 3 rings (SSSR count). The Kier molecular flexibility index (Phi) is 4.83. The highest BCUT2D eigenvalue weighted by molar-refractivity contribution is 6.01. The van der Waals surface area contributed by atoms with Gasteiger partial charge in [-0.05, 0) is 36.2 Å². The zero-order chi connectivity index (χ0) is 18.0. The summed E-state index contributed by atoms with van der Waals surface area (Å²) < 4.78 is 13.6. The molecule has 0 saturated heterocycles. The Morgan fingerprint density at radius 2 is 2.20 bits per heavy atom. The van der Waals surface area contributed by atoms with Gasteiger partial charge in [0.25, 0.3) is 0 Å². The van der Waals surface area contributed by atoms with E-state index in [0.717, 1.165) is 24.2 Å². The van der Waals surface area contributed by atoms with Crippen molar-refractivity contribution in [3.05, 3.63) is 47.0 Å². The van der Waals surface area contributed by atoms with Crippen LogP contribution in [0.25, 0.3) is 0 Å².